The Hall–Kier alpha value is -2.44. The van der Waals surface area contributed by atoms with Crippen LogP contribution in [0.5, 0.6) is 11.5 Å². The van der Waals surface area contributed by atoms with E-state index in [4.69, 9.17) is 19.9 Å². The van der Waals surface area contributed by atoms with Crippen molar-refractivity contribution in [1.82, 2.24) is 5.32 Å². The molecule has 25 heavy (non-hydrogen) atoms. The number of amides is 1. The number of esters is 1. The Bertz CT molecular complexity index is 608. The lowest BCUT2D eigenvalue weighted by Crippen LogP contribution is -2.39. The van der Waals surface area contributed by atoms with Gasteiger partial charge in [-0.3, -0.25) is 4.79 Å². The Morgan fingerprint density at radius 3 is 2.40 bits per heavy atom. The third-order valence-corrected chi connectivity index (χ3v) is 2.82. The van der Waals surface area contributed by atoms with Gasteiger partial charge in [-0.1, -0.05) is 0 Å². The second-order valence-corrected chi connectivity index (χ2v) is 7.09. The van der Waals surface area contributed by atoms with E-state index < -0.39 is 23.7 Å². The van der Waals surface area contributed by atoms with Crippen molar-refractivity contribution in [2.45, 2.75) is 65.7 Å². The SMILES string of the molecule is CC(CC(=O)Oc1cc(OC(C)C)ccc1N)NC(=O)OC(C)(C)C. The standard InChI is InChI=1S/C18H28N2O5/c1-11(2)23-13-7-8-14(19)15(10-13)24-16(21)9-12(3)20-17(22)25-18(4,5)6/h7-8,10-12H,9,19H2,1-6H3,(H,20,22). The van der Waals surface area contributed by atoms with Gasteiger partial charge in [-0.15, -0.1) is 0 Å². The van der Waals surface area contributed by atoms with Gasteiger partial charge in [0.1, 0.15) is 11.4 Å². The molecule has 7 heteroatoms. The fourth-order valence-corrected chi connectivity index (χ4v) is 1.92. The monoisotopic (exact) mass is 352 g/mol. The van der Waals surface area contributed by atoms with Gasteiger partial charge in [0.05, 0.1) is 18.2 Å². The number of benzene rings is 1. The van der Waals surface area contributed by atoms with E-state index in [1.165, 1.54) is 0 Å². The summed E-state index contributed by atoms with van der Waals surface area (Å²) in [5.41, 5.74) is 5.56. The summed E-state index contributed by atoms with van der Waals surface area (Å²) in [5.74, 6) is 0.275. The Morgan fingerprint density at radius 1 is 1.20 bits per heavy atom. The number of carbonyl (C=O) groups excluding carboxylic acids is 2. The van der Waals surface area contributed by atoms with E-state index in [1.54, 1.807) is 45.9 Å². The number of hydrogen-bond acceptors (Lipinski definition) is 6. The largest absolute Gasteiger partial charge is 0.491 e. The maximum atomic E-state index is 12.1. The topological polar surface area (TPSA) is 99.9 Å². The van der Waals surface area contributed by atoms with Crippen LogP contribution >= 0.6 is 0 Å². The van der Waals surface area contributed by atoms with Crippen molar-refractivity contribution < 1.29 is 23.8 Å². The summed E-state index contributed by atoms with van der Waals surface area (Å²) >= 11 is 0. The first-order valence-corrected chi connectivity index (χ1v) is 8.22. The Kier molecular flexibility index (Phi) is 7.09. The quantitative estimate of drug-likeness (QED) is 0.463. The first-order valence-electron chi connectivity index (χ1n) is 8.22. The van der Waals surface area contributed by atoms with Crippen LogP contribution in [0.4, 0.5) is 10.5 Å². The summed E-state index contributed by atoms with van der Waals surface area (Å²) in [6.07, 6.45) is -0.613. The molecular formula is C18H28N2O5. The summed E-state index contributed by atoms with van der Waals surface area (Å²) in [4.78, 5) is 23.8. The van der Waals surface area contributed by atoms with Crippen molar-refractivity contribution in [1.29, 1.82) is 0 Å². The zero-order valence-corrected chi connectivity index (χ0v) is 15.7. The van der Waals surface area contributed by atoms with Gasteiger partial charge in [-0.25, -0.2) is 4.79 Å². The highest BCUT2D eigenvalue weighted by atomic mass is 16.6. The minimum absolute atomic E-state index is 0.00905. The number of nitrogens with one attached hydrogen (secondary N) is 1. The number of nitrogen functional groups attached to an aromatic ring is 1. The van der Waals surface area contributed by atoms with Crippen molar-refractivity contribution in [2.24, 2.45) is 0 Å². The summed E-state index contributed by atoms with van der Waals surface area (Å²) < 4.78 is 16.0. The van der Waals surface area contributed by atoms with E-state index in [2.05, 4.69) is 5.32 Å². The van der Waals surface area contributed by atoms with Crippen molar-refractivity contribution in [3.05, 3.63) is 18.2 Å². The van der Waals surface area contributed by atoms with E-state index in [0.29, 0.717) is 11.4 Å². The smallest absolute Gasteiger partial charge is 0.407 e. The molecule has 0 aliphatic rings. The average molecular weight is 352 g/mol. The Morgan fingerprint density at radius 2 is 1.84 bits per heavy atom. The highest BCUT2D eigenvalue weighted by molar-refractivity contribution is 5.76. The van der Waals surface area contributed by atoms with Gasteiger partial charge in [-0.2, -0.15) is 0 Å². The molecule has 0 heterocycles. The molecule has 0 aliphatic heterocycles. The lowest BCUT2D eigenvalue weighted by atomic mass is 10.2. The van der Waals surface area contributed by atoms with Crippen LogP contribution in [-0.4, -0.2) is 29.8 Å². The molecule has 3 N–H and O–H groups in total. The minimum atomic E-state index is -0.602. The molecule has 1 atom stereocenters. The van der Waals surface area contributed by atoms with E-state index in [1.807, 2.05) is 13.8 Å². The zero-order valence-electron chi connectivity index (χ0n) is 15.7. The van der Waals surface area contributed by atoms with E-state index in [9.17, 15) is 9.59 Å². The van der Waals surface area contributed by atoms with Crippen molar-refractivity contribution in [2.75, 3.05) is 5.73 Å². The van der Waals surface area contributed by atoms with Crippen LogP contribution in [0.25, 0.3) is 0 Å². The fraction of sp³-hybridized carbons (Fsp3) is 0.556. The number of anilines is 1. The third kappa shape index (κ3) is 8.28. The predicted molar refractivity (Wildman–Crippen MR) is 95.7 cm³/mol. The molecule has 0 fully saturated rings. The molecule has 0 aliphatic carbocycles. The first kappa shape index (κ1) is 20.6. The highest BCUT2D eigenvalue weighted by Gasteiger charge is 2.20. The molecule has 1 unspecified atom stereocenters. The van der Waals surface area contributed by atoms with Gasteiger partial charge >= 0.3 is 12.1 Å². The number of hydrogen-bond donors (Lipinski definition) is 2. The maximum Gasteiger partial charge on any atom is 0.407 e. The summed E-state index contributed by atoms with van der Waals surface area (Å²) in [6, 6.07) is 4.44. The fourth-order valence-electron chi connectivity index (χ4n) is 1.92. The second kappa shape index (κ2) is 8.60. The number of ether oxygens (including phenoxy) is 3. The van der Waals surface area contributed by atoms with E-state index in [0.717, 1.165) is 0 Å². The van der Waals surface area contributed by atoms with Crippen LogP contribution in [-0.2, 0) is 9.53 Å². The van der Waals surface area contributed by atoms with Gasteiger partial charge < -0.3 is 25.3 Å². The molecule has 1 rings (SSSR count). The van der Waals surface area contributed by atoms with Gasteiger partial charge in [0.25, 0.3) is 0 Å². The highest BCUT2D eigenvalue weighted by Crippen LogP contribution is 2.28. The van der Waals surface area contributed by atoms with E-state index in [-0.39, 0.29) is 18.3 Å². The Balaban J connectivity index is 2.60. The van der Waals surface area contributed by atoms with Crippen LogP contribution < -0.4 is 20.5 Å². The van der Waals surface area contributed by atoms with Crippen molar-refractivity contribution in [3.8, 4) is 11.5 Å². The Labute approximate surface area is 148 Å². The zero-order chi connectivity index (χ0) is 19.2. The molecule has 140 valence electrons. The van der Waals surface area contributed by atoms with Gasteiger partial charge in [-0.05, 0) is 53.7 Å². The number of nitrogens with two attached hydrogens (primary N) is 1. The summed E-state index contributed by atoms with van der Waals surface area (Å²) in [5, 5.41) is 2.59. The maximum absolute atomic E-state index is 12.1. The molecule has 1 amide bonds. The van der Waals surface area contributed by atoms with E-state index >= 15 is 0 Å². The molecule has 0 saturated heterocycles. The first-order chi connectivity index (χ1) is 11.5. The molecule has 0 aromatic heterocycles. The minimum Gasteiger partial charge on any atom is -0.491 e. The molecule has 0 radical (unpaired) electrons. The molecule has 0 bridgehead atoms. The van der Waals surface area contributed by atoms with Crippen LogP contribution in [0.1, 0.15) is 48.0 Å². The summed E-state index contributed by atoms with van der Waals surface area (Å²) in [7, 11) is 0. The molecule has 1 aromatic rings. The number of alkyl carbamates (subject to hydrolysis) is 1. The molecular weight excluding hydrogens is 324 g/mol. The predicted octanol–water partition coefficient (Wildman–Crippen LogP) is 3.26. The van der Waals surface area contributed by atoms with Crippen molar-refractivity contribution in [3.63, 3.8) is 0 Å². The molecule has 0 saturated carbocycles. The van der Waals surface area contributed by atoms with Gasteiger partial charge in [0.15, 0.2) is 5.75 Å². The van der Waals surface area contributed by atoms with Gasteiger partial charge in [0, 0.05) is 12.1 Å². The molecule has 0 spiro atoms. The molecule has 7 nitrogen and oxygen atoms in total. The lowest BCUT2D eigenvalue weighted by molar-refractivity contribution is -0.134. The number of carbonyl (C=O) groups is 2. The second-order valence-electron chi connectivity index (χ2n) is 7.09. The third-order valence-electron chi connectivity index (χ3n) is 2.82. The van der Waals surface area contributed by atoms with Crippen LogP contribution in [0, 0.1) is 0 Å². The average Bonchev–Trinajstić information content (AvgIpc) is 2.39. The lowest BCUT2D eigenvalue weighted by Gasteiger charge is -2.21. The molecule has 1 aromatic carbocycles. The van der Waals surface area contributed by atoms with Gasteiger partial charge in [0.2, 0.25) is 0 Å². The van der Waals surface area contributed by atoms with Crippen molar-refractivity contribution >= 4 is 17.7 Å². The van der Waals surface area contributed by atoms with Crippen LogP contribution in [0.15, 0.2) is 18.2 Å². The number of rotatable bonds is 6. The normalized spacial score (nSPS) is 12.4. The van der Waals surface area contributed by atoms with Crippen LogP contribution in [0.3, 0.4) is 0 Å². The summed E-state index contributed by atoms with van der Waals surface area (Å²) in [6.45, 7) is 10.8. The van der Waals surface area contributed by atoms with Crippen LogP contribution in [0.2, 0.25) is 0 Å².